The van der Waals surface area contributed by atoms with E-state index < -0.39 is 5.97 Å². The number of halogens is 3. The molecule has 4 nitrogen and oxygen atoms in total. The monoisotopic (exact) mass is 316 g/mol. The summed E-state index contributed by atoms with van der Waals surface area (Å²) in [7, 11) is 0. The molecule has 0 aliphatic rings. The van der Waals surface area contributed by atoms with Crippen molar-refractivity contribution in [2.75, 3.05) is 5.73 Å². The van der Waals surface area contributed by atoms with Crippen LogP contribution in [0.2, 0.25) is 15.1 Å². The van der Waals surface area contributed by atoms with Crippen molar-refractivity contribution in [3.63, 3.8) is 0 Å². The summed E-state index contributed by atoms with van der Waals surface area (Å²) >= 11 is 17.9. The molecular weight excluding hydrogens is 311 g/mol. The molecule has 19 heavy (non-hydrogen) atoms. The van der Waals surface area contributed by atoms with Crippen LogP contribution < -0.4 is 5.73 Å². The summed E-state index contributed by atoms with van der Waals surface area (Å²) in [6.45, 7) is 0. The maximum atomic E-state index is 10.8. The van der Waals surface area contributed by atoms with Gasteiger partial charge in [-0.3, -0.25) is 4.98 Å². The van der Waals surface area contributed by atoms with E-state index >= 15 is 0 Å². The van der Waals surface area contributed by atoms with Gasteiger partial charge in [0.2, 0.25) is 0 Å². The second-order valence-electron chi connectivity index (χ2n) is 3.69. The molecule has 1 heterocycles. The van der Waals surface area contributed by atoms with Gasteiger partial charge >= 0.3 is 5.97 Å². The van der Waals surface area contributed by atoms with Crippen LogP contribution in [0.15, 0.2) is 24.4 Å². The normalized spacial score (nSPS) is 10.5. The fourth-order valence-electron chi connectivity index (χ4n) is 1.53. The molecule has 7 heteroatoms. The summed E-state index contributed by atoms with van der Waals surface area (Å²) in [6.07, 6.45) is 1.20. The summed E-state index contributed by atoms with van der Waals surface area (Å²) in [4.78, 5) is 14.8. The first-order chi connectivity index (χ1) is 8.91. The molecule has 0 amide bonds. The summed E-state index contributed by atoms with van der Waals surface area (Å²) < 4.78 is 0. The second kappa shape index (κ2) is 5.25. The van der Waals surface area contributed by atoms with E-state index in [2.05, 4.69) is 4.98 Å². The highest BCUT2D eigenvalue weighted by Crippen LogP contribution is 2.39. The third-order valence-electron chi connectivity index (χ3n) is 2.45. The Labute approximate surface area is 123 Å². The zero-order chi connectivity index (χ0) is 14.2. The molecule has 2 rings (SSSR count). The maximum absolute atomic E-state index is 10.8. The Hall–Kier alpha value is -1.49. The molecule has 0 saturated carbocycles. The lowest BCUT2D eigenvalue weighted by molar-refractivity contribution is 0.0696. The molecular formula is C12H7Cl3N2O2. The quantitative estimate of drug-likeness (QED) is 0.821. The number of nitrogens with zero attached hydrogens (tertiary/aromatic N) is 1. The number of anilines is 1. The fraction of sp³-hybridized carbons (Fsp3) is 0. The van der Waals surface area contributed by atoms with E-state index in [1.165, 1.54) is 12.3 Å². The molecule has 0 aliphatic carbocycles. The summed E-state index contributed by atoms with van der Waals surface area (Å²) in [5.74, 6) is -1.11. The Morgan fingerprint density at radius 1 is 1.21 bits per heavy atom. The molecule has 0 spiro atoms. The number of aromatic nitrogens is 1. The Bertz CT molecular complexity index is 674. The number of hydrogen-bond acceptors (Lipinski definition) is 3. The predicted molar refractivity (Wildman–Crippen MR) is 76.1 cm³/mol. The topological polar surface area (TPSA) is 76.2 Å². The summed E-state index contributed by atoms with van der Waals surface area (Å²) in [5, 5.41) is 9.58. The van der Waals surface area contributed by atoms with Crippen molar-refractivity contribution in [3.8, 4) is 11.3 Å². The van der Waals surface area contributed by atoms with Gasteiger partial charge in [-0.2, -0.15) is 0 Å². The van der Waals surface area contributed by atoms with Gasteiger partial charge in [-0.15, -0.1) is 0 Å². The van der Waals surface area contributed by atoms with Crippen molar-refractivity contribution in [2.45, 2.75) is 0 Å². The van der Waals surface area contributed by atoms with Crippen LogP contribution in [0.5, 0.6) is 0 Å². The SMILES string of the molecule is Nc1cc(C(=O)O)cnc1-c1ccc(Cl)c(Cl)c1Cl. The van der Waals surface area contributed by atoms with Crippen molar-refractivity contribution in [2.24, 2.45) is 0 Å². The molecule has 0 bridgehead atoms. The Balaban J connectivity index is 2.60. The Morgan fingerprint density at radius 3 is 2.47 bits per heavy atom. The maximum Gasteiger partial charge on any atom is 0.337 e. The first-order valence-corrected chi connectivity index (χ1v) is 6.18. The van der Waals surface area contributed by atoms with Gasteiger partial charge in [-0.1, -0.05) is 34.8 Å². The number of nitrogen functional groups attached to an aromatic ring is 1. The first-order valence-electron chi connectivity index (χ1n) is 5.04. The lowest BCUT2D eigenvalue weighted by Gasteiger charge is -2.09. The highest BCUT2D eigenvalue weighted by molar-refractivity contribution is 6.49. The molecule has 1 aromatic heterocycles. The van der Waals surface area contributed by atoms with Crippen LogP contribution in [0.25, 0.3) is 11.3 Å². The minimum Gasteiger partial charge on any atom is -0.478 e. The molecule has 3 N–H and O–H groups in total. The van der Waals surface area contributed by atoms with Gasteiger partial charge in [0, 0.05) is 11.8 Å². The average Bonchev–Trinajstić information content (AvgIpc) is 2.37. The molecule has 0 unspecified atom stereocenters. The molecule has 2 aromatic rings. The largest absolute Gasteiger partial charge is 0.478 e. The Morgan fingerprint density at radius 2 is 1.89 bits per heavy atom. The molecule has 0 aliphatic heterocycles. The van der Waals surface area contributed by atoms with Crippen molar-refractivity contribution in [3.05, 3.63) is 45.0 Å². The number of nitrogens with two attached hydrogens (primary N) is 1. The molecule has 0 fully saturated rings. The van der Waals surface area contributed by atoms with Crippen LogP contribution in [0.3, 0.4) is 0 Å². The molecule has 0 atom stereocenters. The minimum atomic E-state index is -1.11. The third kappa shape index (κ3) is 2.61. The number of carbonyl (C=O) groups is 1. The lowest BCUT2D eigenvalue weighted by atomic mass is 10.1. The van der Waals surface area contributed by atoms with E-state index in [-0.39, 0.29) is 21.3 Å². The van der Waals surface area contributed by atoms with Crippen molar-refractivity contribution in [1.29, 1.82) is 0 Å². The number of hydrogen-bond donors (Lipinski definition) is 2. The smallest absolute Gasteiger partial charge is 0.337 e. The molecule has 0 saturated heterocycles. The highest BCUT2D eigenvalue weighted by Gasteiger charge is 2.15. The van der Waals surface area contributed by atoms with Crippen LogP contribution in [0.4, 0.5) is 5.69 Å². The number of pyridine rings is 1. The molecule has 0 radical (unpaired) electrons. The lowest BCUT2D eigenvalue weighted by Crippen LogP contribution is -2.01. The molecule has 1 aromatic carbocycles. The van der Waals surface area contributed by atoms with E-state index in [1.54, 1.807) is 12.1 Å². The zero-order valence-electron chi connectivity index (χ0n) is 9.32. The predicted octanol–water partition coefficient (Wildman–Crippen LogP) is 3.99. The van der Waals surface area contributed by atoms with Gasteiger partial charge in [0.15, 0.2) is 0 Å². The van der Waals surface area contributed by atoms with Gasteiger partial charge < -0.3 is 10.8 Å². The van der Waals surface area contributed by atoms with E-state index in [1.807, 2.05) is 0 Å². The summed E-state index contributed by atoms with van der Waals surface area (Å²) in [5.41, 5.74) is 6.83. The van der Waals surface area contributed by atoms with E-state index in [0.717, 1.165) is 0 Å². The van der Waals surface area contributed by atoms with E-state index in [4.69, 9.17) is 45.6 Å². The van der Waals surface area contributed by atoms with Gasteiger partial charge in [-0.05, 0) is 18.2 Å². The van der Waals surface area contributed by atoms with E-state index in [0.29, 0.717) is 16.3 Å². The van der Waals surface area contributed by atoms with Gasteiger partial charge in [0.1, 0.15) is 0 Å². The number of aromatic carboxylic acids is 1. The minimum absolute atomic E-state index is 0.00238. The number of carboxylic acid groups (broad SMARTS) is 1. The third-order valence-corrected chi connectivity index (χ3v) is 3.75. The van der Waals surface area contributed by atoms with Crippen LogP contribution in [0.1, 0.15) is 10.4 Å². The first kappa shape index (κ1) is 13.9. The number of carboxylic acids is 1. The van der Waals surface area contributed by atoms with Crippen LogP contribution in [-0.4, -0.2) is 16.1 Å². The highest BCUT2D eigenvalue weighted by atomic mass is 35.5. The summed E-state index contributed by atoms with van der Waals surface area (Å²) in [6, 6.07) is 4.50. The zero-order valence-corrected chi connectivity index (χ0v) is 11.6. The number of rotatable bonds is 2. The number of benzene rings is 1. The van der Waals surface area contributed by atoms with Crippen molar-refractivity contribution in [1.82, 2.24) is 4.98 Å². The van der Waals surface area contributed by atoms with Crippen LogP contribution in [0, 0.1) is 0 Å². The standard InChI is InChI=1S/C12H7Cl3N2O2/c13-7-2-1-6(9(14)10(7)15)11-8(16)3-5(4-17-11)12(18)19/h1-4H,16H2,(H,18,19). The molecule has 98 valence electrons. The van der Waals surface area contributed by atoms with Gasteiger partial charge in [0.25, 0.3) is 0 Å². The Kier molecular flexibility index (Phi) is 3.85. The van der Waals surface area contributed by atoms with Crippen LogP contribution >= 0.6 is 34.8 Å². The van der Waals surface area contributed by atoms with Crippen molar-refractivity contribution < 1.29 is 9.90 Å². The van der Waals surface area contributed by atoms with Crippen LogP contribution in [-0.2, 0) is 0 Å². The second-order valence-corrected chi connectivity index (χ2v) is 4.85. The van der Waals surface area contributed by atoms with Crippen molar-refractivity contribution >= 4 is 46.5 Å². The average molecular weight is 318 g/mol. The fourth-order valence-corrected chi connectivity index (χ4v) is 2.16. The van der Waals surface area contributed by atoms with Gasteiger partial charge in [-0.25, -0.2) is 4.79 Å². The van der Waals surface area contributed by atoms with Gasteiger partial charge in [0.05, 0.1) is 32.0 Å². The van der Waals surface area contributed by atoms with E-state index in [9.17, 15) is 4.79 Å².